The van der Waals surface area contributed by atoms with Crippen molar-refractivity contribution < 1.29 is 13.9 Å². The van der Waals surface area contributed by atoms with E-state index in [9.17, 15) is 13.9 Å². The molecule has 1 N–H and O–H groups in total. The molecule has 0 bridgehead atoms. The Kier molecular flexibility index (Phi) is 3.17. The third kappa shape index (κ3) is 2.26. The number of fused-ring (bicyclic) bond motifs is 1. The topological polar surface area (TPSA) is 28.4 Å². The summed E-state index contributed by atoms with van der Waals surface area (Å²) in [4.78, 5) is 2.04. The van der Waals surface area contributed by atoms with Crippen molar-refractivity contribution in [1.82, 2.24) is 9.47 Å². The van der Waals surface area contributed by atoms with Gasteiger partial charge in [-0.15, -0.1) is 0 Å². The molecule has 0 radical (unpaired) electrons. The Hall–Kier alpha value is -1.62. The van der Waals surface area contributed by atoms with Crippen molar-refractivity contribution in [3.05, 3.63) is 29.7 Å². The molecule has 1 aliphatic rings. The Morgan fingerprint density at radius 1 is 1.40 bits per heavy atom. The molecule has 1 fully saturated rings. The van der Waals surface area contributed by atoms with Gasteiger partial charge in [-0.25, -0.2) is 8.78 Å². The Morgan fingerprint density at radius 3 is 2.70 bits per heavy atom. The maximum absolute atomic E-state index is 13.5. The molecule has 1 aliphatic carbocycles. The van der Waals surface area contributed by atoms with Crippen LogP contribution in [0.5, 0.6) is 5.75 Å². The molecule has 0 aliphatic heterocycles. The van der Waals surface area contributed by atoms with Crippen LogP contribution in [0.25, 0.3) is 10.9 Å². The number of likely N-dealkylation sites (N-methyl/N-ethyl adjacent to an activating group) is 1. The average Bonchev–Trinajstić information content (AvgIpc) is 2.96. The second-order valence-electron chi connectivity index (χ2n) is 5.75. The average molecular weight is 280 g/mol. The highest BCUT2D eigenvalue weighted by atomic mass is 19.1. The molecule has 2 aromatic rings. The van der Waals surface area contributed by atoms with E-state index in [0.29, 0.717) is 17.3 Å². The standard InChI is InChI=1S/C15H18F2N2O/c1-18(2)4-3-9-8-19(12-7-11(12)17)13-5-10(16)6-14(20)15(9)13/h5-6,8,11-12,20H,3-4,7H2,1-2H3/t11-,12-/m1/s1. The smallest absolute Gasteiger partial charge is 0.129 e. The molecule has 5 heteroatoms. The second-order valence-corrected chi connectivity index (χ2v) is 5.75. The number of aromatic nitrogens is 1. The highest BCUT2D eigenvalue weighted by Crippen LogP contribution is 2.43. The normalized spacial score (nSPS) is 21.9. The largest absolute Gasteiger partial charge is 0.507 e. The number of hydrogen-bond acceptors (Lipinski definition) is 2. The van der Waals surface area contributed by atoms with Crippen molar-refractivity contribution in [2.75, 3.05) is 20.6 Å². The Morgan fingerprint density at radius 2 is 2.10 bits per heavy atom. The molecule has 1 heterocycles. The summed E-state index contributed by atoms with van der Waals surface area (Å²) in [5, 5.41) is 10.7. The van der Waals surface area contributed by atoms with Gasteiger partial charge in [0.15, 0.2) is 0 Å². The minimum atomic E-state index is -0.863. The molecule has 20 heavy (non-hydrogen) atoms. The van der Waals surface area contributed by atoms with Gasteiger partial charge in [-0.1, -0.05) is 0 Å². The molecule has 1 aromatic heterocycles. The summed E-state index contributed by atoms with van der Waals surface area (Å²) in [6, 6.07) is 2.28. The zero-order chi connectivity index (χ0) is 14.4. The predicted octanol–water partition coefficient (Wildman–Crippen LogP) is 2.87. The molecule has 1 saturated carbocycles. The fourth-order valence-corrected chi connectivity index (χ4v) is 2.66. The fourth-order valence-electron chi connectivity index (χ4n) is 2.66. The molecule has 0 spiro atoms. The third-order valence-electron chi connectivity index (χ3n) is 3.82. The van der Waals surface area contributed by atoms with Gasteiger partial charge in [0.25, 0.3) is 0 Å². The lowest BCUT2D eigenvalue weighted by atomic mass is 10.1. The molecule has 3 rings (SSSR count). The van der Waals surface area contributed by atoms with Crippen LogP contribution in [0, 0.1) is 5.82 Å². The number of phenols is 1. The molecule has 108 valence electrons. The van der Waals surface area contributed by atoms with Crippen LogP contribution in [0.1, 0.15) is 18.0 Å². The van der Waals surface area contributed by atoms with Crippen LogP contribution >= 0.6 is 0 Å². The molecule has 2 atom stereocenters. The van der Waals surface area contributed by atoms with E-state index in [1.807, 2.05) is 25.2 Å². The molecule has 0 saturated heterocycles. The van der Waals surface area contributed by atoms with Crippen molar-refractivity contribution in [3.63, 3.8) is 0 Å². The van der Waals surface area contributed by atoms with E-state index in [4.69, 9.17) is 0 Å². The monoisotopic (exact) mass is 280 g/mol. The summed E-state index contributed by atoms with van der Waals surface area (Å²) >= 11 is 0. The van der Waals surface area contributed by atoms with E-state index in [-0.39, 0.29) is 11.8 Å². The first-order valence-corrected chi connectivity index (χ1v) is 6.78. The first kappa shape index (κ1) is 13.4. The summed E-state index contributed by atoms with van der Waals surface area (Å²) in [6.07, 6.45) is 2.20. The highest BCUT2D eigenvalue weighted by molar-refractivity contribution is 5.90. The Labute approximate surface area is 116 Å². The SMILES string of the molecule is CN(C)CCc1cn([C@@H]2C[C@H]2F)c2cc(F)cc(O)c12. The van der Waals surface area contributed by atoms with E-state index in [1.165, 1.54) is 6.07 Å². The van der Waals surface area contributed by atoms with E-state index in [1.54, 1.807) is 4.57 Å². The first-order valence-electron chi connectivity index (χ1n) is 6.78. The maximum atomic E-state index is 13.5. The summed E-state index contributed by atoms with van der Waals surface area (Å²) in [6.45, 7) is 0.819. The maximum Gasteiger partial charge on any atom is 0.129 e. The van der Waals surface area contributed by atoms with Crippen LogP contribution in [0.15, 0.2) is 18.3 Å². The third-order valence-corrected chi connectivity index (χ3v) is 3.82. The zero-order valence-electron chi connectivity index (χ0n) is 11.6. The number of benzene rings is 1. The van der Waals surface area contributed by atoms with Crippen molar-refractivity contribution in [1.29, 1.82) is 0 Å². The van der Waals surface area contributed by atoms with Crippen molar-refractivity contribution in [3.8, 4) is 5.75 Å². The number of halogens is 2. The number of rotatable bonds is 4. The molecule has 3 nitrogen and oxygen atoms in total. The van der Waals surface area contributed by atoms with Crippen molar-refractivity contribution >= 4 is 10.9 Å². The van der Waals surface area contributed by atoms with Crippen LogP contribution in [0.4, 0.5) is 8.78 Å². The summed E-state index contributed by atoms with van der Waals surface area (Å²) in [7, 11) is 3.94. The lowest BCUT2D eigenvalue weighted by molar-refractivity contribution is 0.413. The minimum Gasteiger partial charge on any atom is -0.507 e. The minimum absolute atomic E-state index is 0.0661. The van der Waals surface area contributed by atoms with E-state index in [0.717, 1.165) is 24.6 Å². The van der Waals surface area contributed by atoms with Gasteiger partial charge in [0.2, 0.25) is 0 Å². The Balaban J connectivity index is 2.10. The molecular formula is C15H18F2N2O. The van der Waals surface area contributed by atoms with Gasteiger partial charge in [-0.3, -0.25) is 0 Å². The van der Waals surface area contributed by atoms with Crippen LogP contribution in [0.2, 0.25) is 0 Å². The highest BCUT2D eigenvalue weighted by Gasteiger charge is 2.40. The fraction of sp³-hybridized carbons (Fsp3) is 0.467. The summed E-state index contributed by atoms with van der Waals surface area (Å²) in [5.41, 5.74) is 1.52. The number of aromatic hydroxyl groups is 1. The summed E-state index contributed by atoms with van der Waals surface area (Å²) in [5.74, 6) is -0.562. The molecule has 1 aromatic carbocycles. The van der Waals surface area contributed by atoms with Crippen LogP contribution < -0.4 is 0 Å². The first-order chi connectivity index (χ1) is 9.47. The van der Waals surface area contributed by atoms with E-state index >= 15 is 0 Å². The number of phenolic OH excluding ortho intramolecular Hbond substituents is 1. The predicted molar refractivity (Wildman–Crippen MR) is 74.4 cm³/mol. The van der Waals surface area contributed by atoms with Crippen LogP contribution in [-0.4, -0.2) is 41.4 Å². The van der Waals surface area contributed by atoms with Crippen LogP contribution in [-0.2, 0) is 6.42 Å². The van der Waals surface area contributed by atoms with Gasteiger partial charge in [-0.2, -0.15) is 0 Å². The number of alkyl halides is 1. The van der Waals surface area contributed by atoms with Crippen LogP contribution in [0.3, 0.4) is 0 Å². The van der Waals surface area contributed by atoms with Gasteiger partial charge in [0.1, 0.15) is 17.7 Å². The summed E-state index contributed by atoms with van der Waals surface area (Å²) < 4.78 is 28.6. The van der Waals surface area contributed by atoms with E-state index < -0.39 is 12.0 Å². The van der Waals surface area contributed by atoms with Gasteiger partial charge < -0.3 is 14.6 Å². The van der Waals surface area contributed by atoms with Crippen molar-refractivity contribution in [2.45, 2.75) is 25.1 Å². The van der Waals surface area contributed by atoms with Gasteiger partial charge in [0.05, 0.1) is 11.6 Å². The number of hydrogen-bond donors (Lipinski definition) is 1. The van der Waals surface area contributed by atoms with Gasteiger partial charge in [-0.05, 0) is 32.1 Å². The van der Waals surface area contributed by atoms with Gasteiger partial charge >= 0.3 is 0 Å². The molecule has 0 unspecified atom stereocenters. The second kappa shape index (κ2) is 4.74. The number of nitrogens with zero attached hydrogens (tertiary/aromatic N) is 2. The lowest BCUT2D eigenvalue weighted by Crippen LogP contribution is -2.14. The molecular weight excluding hydrogens is 262 g/mol. The van der Waals surface area contributed by atoms with E-state index in [2.05, 4.69) is 0 Å². The van der Waals surface area contributed by atoms with Crippen molar-refractivity contribution in [2.24, 2.45) is 0 Å². The quantitative estimate of drug-likeness (QED) is 0.933. The molecule has 0 amide bonds. The lowest BCUT2D eigenvalue weighted by Gasteiger charge is -2.08. The Bertz CT molecular complexity index is 651. The zero-order valence-corrected chi connectivity index (χ0v) is 11.6. The van der Waals surface area contributed by atoms with Gasteiger partial charge in [0, 0.05) is 30.6 Å².